The van der Waals surface area contributed by atoms with E-state index in [2.05, 4.69) is 0 Å². The van der Waals surface area contributed by atoms with E-state index in [1.165, 1.54) is 4.57 Å². The first-order chi connectivity index (χ1) is 26.7. The van der Waals surface area contributed by atoms with Crippen LogP contribution in [0, 0.1) is 17.8 Å². The first-order valence-electron chi connectivity index (χ1n) is 19.2. The Morgan fingerprint density at radius 1 is 0.518 bits per heavy atom. The molecule has 3 saturated heterocycles. The Hall–Kier alpha value is -1.84. The van der Waals surface area contributed by atoms with Crippen molar-refractivity contribution in [3.63, 3.8) is 0 Å². The molecule has 0 amide bonds. The van der Waals surface area contributed by atoms with Gasteiger partial charge < -0.3 is 99.9 Å². The van der Waals surface area contributed by atoms with Crippen LogP contribution in [0.2, 0.25) is 0 Å². The zero-order valence-corrected chi connectivity index (χ0v) is 30.6. The van der Waals surface area contributed by atoms with Crippen LogP contribution in [-0.2, 0) is 35.0 Å². The second-order valence-corrected chi connectivity index (χ2v) is 15.5. The fourth-order valence-corrected chi connectivity index (χ4v) is 8.60. The quantitative estimate of drug-likeness (QED) is 0.0655. The van der Waals surface area contributed by atoms with Crippen molar-refractivity contribution in [3.8, 4) is 11.8 Å². The predicted molar refractivity (Wildman–Crippen MR) is 182 cm³/mol. The molecule has 1 saturated carbocycles. The molecule has 1 aromatic rings. The number of nitrogens with zero attached hydrogens (tertiary/aromatic N) is 1. The van der Waals surface area contributed by atoms with Gasteiger partial charge in [-0.3, -0.25) is 4.57 Å². The number of aromatic hydroxyl groups is 2. The number of unbranched alkanes of at least 4 members (excludes halogenated alkanes) is 3. The van der Waals surface area contributed by atoms with Crippen molar-refractivity contribution in [2.45, 2.75) is 137 Å². The molecule has 56 heavy (non-hydrogen) atoms. The highest BCUT2D eigenvalue weighted by Crippen LogP contribution is 2.63. The van der Waals surface area contributed by atoms with Gasteiger partial charge in [-0.1, -0.05) is 12.8 Å². The van der Waals surface area contributed by atoms with Gasteiger partial charge in [-0.15, -0.1) is 0 Å². The minimum Gasteiger partial charge on any atom is -0.494 e. The fraction of sp³-hybridized carbons (Fsp3) is 0.886. The van der Waals surface area contributed by atoms with Crippen molar-refractivity contribution in [2.24, 2.45) is 17.8 Å². The summed E-state index contributed by atoms with van der Waals surface area (Å²) in [6, 6.07) is 0. The first-order valence-corrected chi connectivity index (χ1v) is 19.2. The summed E-state index contributed by atoms with van der Waals surface area (Å²) in [6.45, 7) is -1.70. The number of fused-ring (bicyclic) bond motifs is 5. The lowest BCUT2D eigenvalue weighted by Gasteiger charge is -2.41. The van der Waals surface area contributed by atoms with Crippen molar-refractivity contribution in [1.82, 2.24) is 4.57 Å². The third kappa shape index (κ3) is 8.31. The van der Waals surface area contributed by atoms with Crippen LogP contribution in [0.5, 0.6) is 11.8 Å². The molecule has 322 valence electrons. The van der Waals surface area contributed by atoms with Gasteiger partial charge in [0.15, 0.2) is 24.3 Å². The molecule has 21 nitrogen and oxygen atoms in total. The summed E-state index contributed by atoms with van der Waals surface area (Å²) in [5, 5.41) is 144. The van der Waals surface area contributed by atoms with Gasteiger partial charge in [0.2, 0.25) is 0 Å². The third-order valence-electron chi connectivity index (χ3n) is 12.0. The van der Waals surface area contributed by atoms with Crippen molar-refractivity contribution >= 4 is 0 Å². The summed E-state index contributed by atoms with van der Waals surface area (Å²) in [5.41, 5.74) is 0.640. The molecule has 0 radical (unpaired) electrons. The van der Waals surface area contributed by atoms with Gasteiger partial charge in [-0.2, -0.15) is 0 Å². The maximum Gasteiger partial charge on any atom is 0.200 e. The van der Waals surface area contributed by atoms with E-state index in [0.29, 0.717) is 36.8 Å². The SMILES string of the molecule is OCC1C[C@@H](OCC2C3OC(c4c3c(O)n(CCCCCCO[C@@H]3OC(CO)[C@H](O)[C@H](O)C3O)c4O)C2CO[C@@H]2OC(CO)[C@H](O)[C@H](O)C2O)C(O)[C@@H](O)[C@H]1O. The zero-order chi connectivity index (χ0) is 40.6. The molecule has 4 aliphatic heterocycles. The van der Waals surface area contributed by atoms with E-state index < -0.39 is 136 Å². The van der Waals surface area contributed by atoms with E-state index in [1.54, 1.807) is 0 Å². The summed E-state index contributed by atoms with van der Waals surface area (Å²) >= 11 is 0. The highest BCUT2D eigenvalue weighted by Gasteiger charge is 2.58. The lowest BCUT2D eigenvalue weighted by molar-refractivity contribution is -0.304. The van der Waals surface area contributed by atoms with E-state index in [0.717, 1.165) is 0 Å². The highest BCUT2D eigenvalue weighted by atomic mass is 16.7. The van der Waals surface area contributed by atoms with Crippen molar-refractivity contribution < 1.29 is 99.9 Å². The number of aromatic nitrogens is 1. The van der Waals surface area contributed by atoms with Gasteiger partial charge in [-0.05, 0) is 19.3 Å². The minimum atomic E-state index is -1.69. The second-order valence-electron chi connectivity index (χ2n) is 15.5. The van der Waals surface area contributed by atoms with Crippen LogP contribution in [0.3, 0.4) is 0 Å². The van der Waals surface area contributed by atoms with Crippen LogP contribution in [-0.4, -0.2) is 202 Å². The van der Waals surface area contributed by atoms with E-state index in [4.69, 9.17) is 28.4 Å². The normalized spacial score (nSPS) is 43.7. The van der Waals surface area contributed by atoms with Gasteiger partial charge in [0.1, 0.15) is 61.0 Å². The maximum absolute atomic E-state index is 11.4. The van der Waals surface area contributed by atoms with Crippen LogP contribution in [0.15, 0.2) is 0 Å². The topological polar surface area (TPSA) is 344 Å². The van der Waals surface area contributed by atoms with Crippen LogP contribution >= 0.6 is 0 Å². The molecule has 21 heteroatoms. The average Bonchev–Trinajstić information content (AvgIpc) is 3.83. The Morgan fingerprint density at radius 3 is 1.55 bits per heavy atom. The Bertz CT molecular complexity index is 1340. The molecular formula is C35H57NO20. The minimum absolute atomic E-state index is 0.0249. The van der Waals surface area contributed by atoms with Crippen LogP contribution in [0.25, 0.3) is 0 Å². The molecule has 1 aliphatic carbocycles. The molecular weight excluding hydrogens is 754 g/mol. The van der Waals surface area contributed by atoms with Crippen molar-refractivity contribution in [1.29, 1.82) is 0 Å². The molecule has 5 aliphatic rings. The molecule has 5 heterocycles. The largest absolute Gasteiger partial charge is 0.494 e. The Labute approximate surface area is 321 Å². The van der Waals surface area contributed by atoms with Gasteiger partial charge in [-0.25, -0.2) is 0 Å². The summed E-state index contributed by atoms with van der Waals surface area (Å²) in [7, 11) is 0. The number of hydrogen-bond donors (Lipinski definition) is 14. The molecule has 14 N–H and O–H groups in total. The maximum atomic E-state index is 11.4. The lowest BCUT2D eigenvalue weighted by atomic mass is 9.77. The second kappa shape index (κ2) is 18.6. The van der Waals surface area contributed by atoms with Gasteiger partial charge >= 0.3 is 0 Å². The molecule has 4 fully saturated rings. The molecule has 0 spiro atoms. The Morgan fingerprint density at radius 2 is 1.02 bits per heavy atom. The average molecular weight is 812 g/mol. The van der Waals surface area contributed by atoms with Gasteiger partial charge in [0.25, 0.3) is 0 Å². The summed E-state index contributed by atoms with van der Waals surface area (Å²) < 4.78 is 36.0. The van der Waals surface area contributed by atoms with Gasteiger partial charge in [0.05, 0.1) is 62.0 Å². The Balaban J connectivity index is 1.10. The highest BCUT2D eigenvalue weighted by molar-refractivity contribution is 5.53. The number of rotatable bonds is 17. The molecule has 6 rings (SSSR count). The standard InChI is InChI=1S/C35H57NO20/c37-8-13-7-16(22(41)25(44)21(13)40)52-11-14-15(12-53-35-29(48)27(46)24(43)18(10-39)55-35)31-20-19(30(14)56-31)32(49)36(33(20)50)5-3-1-2-4-6-51-34-28(47)26(45)23(42)17(9-38)54-34/h13-18,21-31,34-35,37-50H,1-12H2/t13?,14?,15?,16-,17?,18?,21+,22?,23+,24+,25+,26+,27+,28?,29?,30?,31?,34-,35-/m1/s1. The number of hydrogen-bond acceptors (Lipinski definition) is 20. The summed E-state index contributed by atoms with van der Waals surface area (Å²) in [6.07, 6.45) is -19.3. The molecule has 2 bridgehead atoms. The zero-order valence-electron chi connectivity index (χ0n) is 30.6. The van der Waals surface area contributed by atoms with Crippen LogP contribution in [0.1, 0.15) is 55.4 Å². The van der Waals surface area contributed by atoms with E-state index in [9.17, 15) is 71.5 Å². The van der Waals surface area contributed by atoms with Gasteiger partial charge in [0, 0.05) is 37.5 Å². The molecule has 0 aromatic carbocycles. The smallest absolute Gasteiger partial charge is 0.200 e. The number of aliphatic hydroxyl groups excluding tert-OH is 12. The van der Waals surface area contributed by atoms with Crippen LogP contribution < -0.4 is 0 Å². The van der Waals surface area contributed by atoms with Crippen molar-refractivity contribution in [3.05, 3.63) is 11.1 Å². The monoisotopic (exact) mass is 811 g/mol. The number of ether oxygens (including phenoxy) is 6. The third-order valence-corrected chi connectivity index (χ3v) is 12.0. The van der Waals surface area contributed by atoms with E-state index in [-0.39, 0.29) is 44.5 Å². The van der Waals surface area contributed by atoms with Crippen LogP contribution in [0.4, 0.5) is 0 Å². The molecule has 19 atom stereocenters. The number of aliphatic hydroxyl groups is 12. The summed E-state index contributed by atoms with van der Waals surface area (Å²) in [5.74, 6) is -2.50. The predicted octanol–water partition coefficient (Wildman–Crippen LogP) is -5.07. The fourth-order valence-electron chi connectivity index (χ4n) is 8.60. The first kappa shape index (κ1) is 43.7. The van der Waals surface area contributed by atoms with E-state index in [1.807, 2.05) is 0 Å². The molecule has 1 aromatic heterocycles. The lowest BCUT2D eigenvalue weighted by Crippen LogP contribution is -2.59. The molecule has 10 unspecified atom stereocenters. The summed E-state index contributed by atoms with van der Waals surface area (Å²) in [4.78, 5) is 0. The van der Waals surface area contributed by atoms with Crippen molar-refractivity contribution in [2.75, 3.05) is 39.6 Å². The Kier molecular flexibility index (Phi) is 14.5. The van der Waals surface area contributed by atoms with E-state index >= 15 is 0 Å².